The van der Waals surface area contributed by atoms with Crippen LogP contribution in [0.4, 0.5) is 8.78 Å². The zero-order valence-corrected chi connectivity index (χ0v) is 20.9. The molecule has 3 aliphatic rings. The van der Waals surface area contributed by atoms with E-state index in [1.165, 1.54) is 32.1 Å². The number of rotatable bonds is 9. The van der Waals surface area contributed by atoms with E-state index in [4.69, 9.17) is 4.74 Å². The van der Waals surface area contributed by atoms with Crippen molar-refractivity contribution in [2.45, 2.75) is 116 Å². The molecule has 33 heavy (non-hydrogen) atoms. The Bertz CT molecular complexity index is 801. The average Bonchev–Trinajstić information content (AvgIpc) is 2.82. The van der Waals surface area contributed by atoms with Gasteiger partial charge in [0.2, 0.25) is 0 Å². The fraction of sp³-hybridized carbons (Fsp3) is 0.733. The van der Waals surface area contributed by atoms with Crippen molar-refractivity contribution in [3.05, 3.63) is 46.5 Å². The number of unbranched alkanes of at least 4 members (excludes halogenated alkanes) is 3. The lowest BCUT2D eigenvalue weighted by atomic mass is 9.65. The minimum absolute atomic E-state index is 0.0452. The molecule has 2 saturated carbocycles. The number of ether oxygens (including phenoxy) is 1. The van der Waals surface area contributed by atoms with Crippen LogP contribution < -0.4 is 0 Å². The zero-order chi connectivity index (χ0) is 23.2. The molecule has 5 unspecified atom stereocenters. The molecule has 0 aromatic heterocycles. The number of benzene rings is 1. The molecule has 3 aliphatic carbocycles. The number of hydrogen-bond donors (Lipinski definition) is 0. The number of fused-ring (bicyclic) bond motifs is 2. The molecule has 0 amide bonds. The molecule has 0 saturated heterocycles. The highest BCUT2D eigenvalue weighted by atomic mass is 19.1. The van der Waals surface area contributed by atoms with Crippen LogP contribution in [-0.2, 0) is 17.6 Å². The molecule has 1 aromatic carbocycles. The molecule has 4 rings (SSSR count). The first-order chi connectivity index (χ1) is 16.1. The van der Waals surface area contributed by atoms with Crippen LogP contribution in [0.5, 0.6) is 0 Å². The van der Waals surface area contributed by atoms with Crippen LogP contribution >= 0.6 is 0 Å². The maximum atomic E-state index is 15.7. The summed E-state index contributed by atoms with van der Waals surface area (Å²) in [5.74, 6) is 1.42. The lowest BCUT2D eigenvalue weighted by Gasteiger charge is -2.42. The van der Waals surface area contributed by atoms with Gasteiger partial charge in [-0.25, -0.2) is 8.78 Å². The summed E-state index contributed by atoms with van der Waals surface area (Å²) in [6.45, 7) is 4.96. The van der Waals surface area contributed by atoms with Crippen LogP contribution in [-0.4, -0.2) is 12.7 Å². The van der Waals surface area contributed by atoms with E-state index in [9.17, 15) is 0 Å². The molecule has 0 aliphatic heterocycles. The van der Waals surface area contributed by atoms with Gasteiger partial charge in [-0.1, -0.05) is 51.2 Å². The highest BCUT2D eigenvalue weighted by Gasteiger charge is 2.38. The minimum atomic E-state index is -0.273. The largest absolute Gasteiger partial charge is 0.374 e. The van der Waals surface area contributed by atoms with E-state index in [2.05, 4.69) is 13.0 Å². The molecule has 0 N–H and O–H groups in total. The van der Waals surface area contributed by atoms with E-state index in [1.807, 2.05) is 13.0 Å². The van der Waals surface area contributed by atoms with Gasteiger partial charge in [0.05, 0.1) is 12.7 Å². The summed E-state index contributed by atoms with van der Waals surface area (Å²) >= 11 is 0. The highest BCUT2D eigenvalue weighted by molar-refractivity contribution is 5.39. The Balaban J connectivity index is 1.38. The fourth-order valence-corrected chi connectivity index (χ4v) is 6.97. The Morgan fingerprint density at radius 3 is 2.64 bits per heavy atom. The Labute approximate surface area is 200 Å². The maximum Gasteiger partial charge on any atom is 0.133 e. The number of allylic oxidation sites excluding steroid dienone is 1. The maximum absolute atomic E-state index is 15.7. The molecule has 1 aromatic rings. The minimum Gasteiger partial charge on any atom is -0.374 e. The third kappa shape index (κ3) is 6.08. The van der Waals surface area contributed by atoms with E-state index in [0.717, 1.165) is 68.9 Å². The summed E-state index contributed by atoms with van der Waals surface area (Å²) < 4.78 is 37.0. The van der Waals surface area contributed by atoms with E-state index in [-0.39, 0.29) is 17.6 Å². The first-order valence-electron chi connectivity index (χ1n) is 13.8. The van der Waals surface area contributed by atoms with Crippen molar-refractivity contribution in [2.75, 3.05) is 6.61 Å². The molecule has 0 radical (unpaired) electrons. The number of hydrogen-bond acceptors (Lipinski definition) is 1. The summed E-state index contributed by atoms with van der Waals surface area (Å²) in [5.41, 5.74) is 2.20. The predicted octanol–water partition coefficient (Wildman–Crippen LogP) is 8.69. The normalized spacial score (nSPS) is 29.8. The lowest BCUT2D eigenvalue weighted by molar-refractivity contribution is -0.00351. The Hall–Kier alpha value is -1.22. The van der Waals surface area contributed by atoms with Gasteiger partial charge < -0.3 is 4.74 Å². The van der Waals surface area contributed by atoms with E-state index in [0.29, 0.717) is 36.0 Å². The van der Waals surface area contributed by atoms with Gasteiger partial charge >= 0.3 is 0 Å². The van der Waals surface area contributed by atoms with Crippen LogP contribution in [0.15, 0.2) is 18.2 Å². The molecular formula is C30H44F2O. The van der Waals surface area contributed by atoms with E-state index in [1.54, 1.807) is 6.07 Å². The van der Waals surface area contributed by atoms with Crippen molar-refractivity contribution in [3.8, 4) is 0 Å². The van der Waals surface area contributed by atoms with Gasteiger partial charge in [-0.05, 0) is 106 Å². The van der Waals surface area contributed by atoms with Gasteiger partial charge in [0.15, 0.2) is 0 Å². The Morgan fingerprint density at radius 1 is 1.00 bits per heavy atom. The van der Waals surface area contributed by atoms with Gasteiger partial charge in [-0.15, -0.1) is 0 Å². The quantitative estimate of drug-likeness (QED) is 0.266. The topological polar surface area (TPSA) is 9.23 Å². The van der Waals surface area contributed by atoms with Crippen molar-refractivity contribution in [1.29, 1.82) is 0 Å². The summed E-state index contributed by atoms with van der Waals surface area (Å²) in [5, 5.41) is 0. The van der Waals surface area contributed by atoms with Gasteiger partial charge in [-0.3, -0.25) is 0 Å². The molecule has 1 nitrogen and oxygen atoms in total. The standard InChI is InChI=1S/C30H44F2O/c1-3-5-7-8-9-21-10-15-27-25(17-21)20-28(31)29(30(27)32)24-12-11-23-19-26(33-16-6-4-2)14-13-22(23)18-24/h4,6,20-24,26H,3,5,7-19H2,1-2H3/b6-4+. The van der Waals surface area contributed by atoms with Crippen LogP contribution in [0.1, 0.15) is 114 Å². The van der Waals surface area contributed by atoms with E-state index >= 15 is 8.78 Å². The lowest BCUT2D eigenvalue weighted by Crippen LogP contribution is -2.34. The first-order valence-corrected chi connectivity index (χ1v) is 13.8. The van der Waals surface area contributed by atoms with Gasteiger partial charge in [-0.2, -0.15) is 0 Å². The van der Waals surface area contributed by atoms with Crippen LogP contribution in [0.3, 0.4) is 0 Å². The van der Waals surface area contributed by atoms with Crippen molar-refractivity contribution in [1.82, 2.24) is 0 Å². The number of halogens is 2. The van der Waals surface area contributed by atoms with Crippen molar-refractivity contribution < 1.29 is 13.5 Å². The third-order valence-corrected chi connectivity index (χ3v) is 8.86. The predicted molar refractivity (Wildman–Crippen MR) is 133 cm³/mol. The molecule has 2 fully saturated rings. The fourth-order valence-electron chi connectivity index (χ4n) is 6.97. The van der Waals surface area contributed by atoms with E-state index < -0.39 is 0 Å². The molecular weight excluding hydrogens is 414 g/mol. The van der Waals surface area contributed by atoms with Crippen LogP contribution in [0.2, 0.25) is 0 Å². The van der Waals surface area contributed by atoms with Gasteiger partial charge in [0, 0.05) is 5.56 Å². The SMILES string of the molecule is C/C=C/COC1CCC2CC(c3c(F)cc4c(c3F)CCC(CCCCCC)C4)CCC2C1. The molecule has 184 valence electrons. The first kappa shape index (κ1) is 24.9. The monoisotopic (exact) mass is 458 g/mol. The Kier molecular flexibility index (Phi) is 9.02. The third-order valence-electron chi connectivity index (χ3n) is 8.86. The summed E-state index contributed by atoms with van der Waals surface area (Å²) in [7, 11) is 0. The van der Waals surface area contributed by atoms with Crippen LogP contribution in [0, 0.1) is 29.4 Å². The molecule has 0 bridgehead atoms. The average molecular weight is 459 g/mol. The molecule has 0 heterocycles. The second kappa shape index (κ2) is 12.0. The van der Waals surface area contributed by atoms with Crippen LogP contribution in [0.25, 0.3) is 0 Å². The zero-order valence-electron chi connectivity index (χ0n) is 20.9. The van der Waals surface area contributed by atoms with Gasteiger partial charge in [0.25, 0.3) is 0 Å². The smallest absolute Gasteiger partial charge is 0.133 e. The van der Waals surface area contributed by atoms with Crippen molar-refractivity contribution in [2.24, 2.45) is 17.8 Å². The second-order valence-corrected chi connectivity index (χ2v) is 11.0. The molecule has 5 atom stereocenters. The Morgan fingerprint density at radius 2 is 1.82 bits per heavy atom. The second-order valence-electron chi connectivity index (χ2n) is 11.0. The highest BCUT2D eigenvalue weighted by Crippen LogP contribution is 2.48. The summed E-state index contributed by atoms with van der Waals surface area (Å²) in [6.07, 6.45) is 19.7. The molecule has 3 heteroatoms. The molecule has 0 spiro atoms. The summed E-state index contributed by atoms with van der Waals surface area (Å²) in [6, 6.07) is 1.71. The van der Waals surface area contributed by atoms with Crippen molar-refractivity contribution in [3.63, 3.8) is 0 Å². The summed E-state index contributed by atoms with van der Waals surface area (Å²) in [4.78, 5) is 0. The van der Waals surface area contributed by atoms with Gasteiger partial charge in [0.1, 0.15) is 11.6 Å². The van der Waals surface area contributed by atoms with Crippen molar-refractivity contribution >= 4 is 0 Å².